The molecular weight excluding hydrogens is 230 g/mol. The van der Waals surface area contributed by atoms with Crippen LogP contribution in [0.4, 0.5) is 0 Å². The zero-order chi connectivity index (χ0) is 12.8. The van der Waals surface area contributed by atoms with Gasteiger partial charge in [0, 0.05) is 6.08 Å². The van der Waals surface area contributed by atoms with Crippen LogP contribution in [0, 0.1) is 0 Å². The normalized spacial score (nSPS) is 10.7. The maximum atomic E-state index is 10.6. The summed E-state index contributed by atoms with van der Waals surface area (Å²) in [6, 6.07) is 13.0. The third-order valence-corrected chi connectivity index (χ3v) is 2.22. The van der Waals surface area contributed by atoms with Gasteiger partial charge in [0.25, 0.3) is 0 Å². The van der Waals surface area contributed by atoms with Crippen LogP contribution in [-0.4, -0.2) is 5.91 Å². The van der Waals surface area contributed by atoms with E-state index in [1.807, 2.05) is 30.3 Å². The Morgan fingerprint density at radius 3 is 2.72 bits per heavy atom. The first kappa shape index (κ1) is 12.0. The summed E-state index contributed by atoms with van der Waals surface area (Å²) >= 11 is 0. The van der Waals surface area contributed by atoms with Gasteiger partial charge in [-0.05, 0) is 30.3 Å². The number of ether oxygens (including phenoxy) is 1. The van der Waals surface area contributed by atoms with Gasteiger partial charge >= 0.3 is 0 Å². The van der Waals surface area contributed by atoms with Gasteiger partial charge in [0.2, 0.25) is 5.91 Å². The van der Waals surface area contributed by atoms with Gasteiger partial charge in [0.05, 0.1) is 0 Å². The molecule has 4 nitrogen and oxygen atoms in total. The fourth-order valence-corrected chi connectivity index (χ4v) is 1.40. The number of hydrogen-bond acceptors (Lipinski definition) is 3. The van der Waals surface area contributed by atoms with Crippen LogP contribution in [0.3, 0.4) is 0 Å². The van der Waals surface area contributed by atoms with Crippen LogP contribution in [0.25, 0.3) is 6.08 Å². The molecule has 0 atom stereocenters. The van der Waals surface area contributed by atoms with E-state index >= 15 is 0 Å². The maximum Gasteiger partial charge on any atom is 0.241 e. The minimum Gasteiger partial charge on any atom is -0.486 e. The number of primary amides is 1. The van der Waals surface area contributed by atoms with Crippen molar-refractivity contribution >= 4 is 12.0 Å². The number of para-hydroxylation sites is 1. The molecule has 1 amide bonds. The van der Waals surface area contributed by atoms with Crippen LogP contribution < -0.4 is 10.5 Å². The molecule has 0 radical (unpaired) electrons. The Morgan fingerprint density at radius 1 is 1.22 bits per heavy atom. The first-order valence-electron chi connectivity index (χ1n) is 5.48. The maximum absolute atomic E-state index is 10.6. The second kappa shape index (κ2) is 5.72. The van der Waals surface area contributed by atoms with Crippen molar-refractivity contribution in [3.63, 3.8) is 0 Å². The monoisotopic (exact) mass is 243 g/mol. The van der Waals surface area contributed by atoms with Crippen molar-refractivity contribution in [2.24, 2.45) is 5.73 Å². The predicted molar refractivity (Wildman–Crippen MR) is 67.7 cm³/mol. The van der Waals surface area contributed by atoms with Crippen molar-refractivity contribution in [3.05, 3.63) is 60.1 Å². The standard InChI is InChI=1S/C14H13NO3/c15-14(16)9-8-12-6-7-13(18-12)10-17-11-4-2-1-3-5-11/h1-9H,10H2,(H2,15,16)/b9-8+. The third-order valence-electron chi connectivity index (χ3n) is 2.22. The topological polar surface area (TPSA) is 65.5 Å². The zero-order valence-corrected chi connectivity index (χ0v) is 9.71. The molecule has 0 aliphatic rings. The number of carbonyl (C=O) groups is 1. The Kier molecular flexibility index (Phi) is 3.81. The van der Waals surface area contributed by atoms with E-state index in [-0.39, 0.29) is 0 Å². The van der Waals surface area contributed by atoms with Crippen LogP contribution in [0.1, 0.15) is 11.5 Å². The van der Waals surface area contributed by atoms with Gasteiger partial charge in [-0.2, -0.15) is 0 Å². The second-order valence-corrected chi connectivity index (χ2v) is 3.64. The van der Waals surface area contributed by atoms with Gasteiger partial charge < -0.3 is 14.9 Å². The highest BCUT2D eigenvalue weighted by molar-refractivity contribution is 5.89. The minimum atomic E-state index is -0.506. The summed E-state index contributed by atoms with van der Waals surface area (Å²) in [6.07, 6.45) is 2.77. The number of nitrogens with two attached hydrogens (primary N) is 1. The highest BCUT2D eigenvalue weighted by Gasteiger charge is 2.01. The summed E-state index contributed by atoms with van der Waals surface area (Å²) < 4.78 is 11.0. The molecule has 0 spiro atoms. The van der Waals surface area contributed by atoms with Gasteiger partial charge in [-0.15, -0.1) is 0 Å². The molecule has 4 heteroatoms. The van der Waals surface area contributed by atoms with Crippen LogP contribution in [0.2, 0.25) is 0 Å². The molecule has 0 bridgehead atoms. The Balaban J connectivity index is 1.93. The molecular formula is C14H13NO3. The highest BCUT2D eigenvalue weighted by atomic mass is 16.5. The number of furan rings is 1. The van der Waals surface area contributed by atoms with Gasteiger partial charge in [0.15, 0.2) is 0 Å². The van der Waals surface area contributed by atoms with E-state index in [2.05, 4.69) is 0 Å². The summed E-state index contributed by atoms with van der Waals surface area (Å²) in [5.41, 5.74) is 4.99. The lowest BCUT2D eigenvalue weighted by molar-refractivity contribution is -0.113. The average molecular weight is 243 g/mol. The Hall–Kier alpha value is -2.49. The first-order valence-corrected chi connectivity index (χ1v) is 5.48. The molecule has 0 unspecified atom stereocenters. The van der Waals surface area contributed by atoms with Crippen LogP contribution in [-0.2, 0) is 11.4 Å². The van der Waals surface area contributed by atoms with Crippen LogP contribution >= 0.6 is 0 Å². The number of hydrogen-bond donors (Lipinski definition) is 1. The highest BCUT2D eigenvalue weighted by Crippen LogP contribution is 2.14. The molecule has 2 aromatic rings. The molecule has 1 aromatic carbocycles. The molecule has 2 N–H and O–H groups in total. The molecule has 0 saturated carbocycles. The molecule has 0 fully saturated rings. The van der Waals surface area contributed by atoms with Crippen molar-refractivity contribution in [2.45, 2.75) is 6.61 Å². The van der Waals surface area contributed by atoms with Crippen molar-refractivity contribution in [1.29, 1.82) is 0 Å². The van der Waals surface area contributed by atoms with E-state index in [4.69, 9.17) is 14.9 Å². The average Bonchev–Trinajstić information content (AvgIpc) is 2.83. The fourth-order valence-electron chi connectivity index (χ4n) is 1.40. The SMILES string of the molecule is NC(=O)/C=C/c1ccc(COc2ccccc2)o1. The van der Waals surface area contributed by atoms with E-state index in [9.17, 15) is 4.79 Å². The second-order valence-electron chi connectivity index (χ2n) is 3.64. The minimum absolute atomic E-state index is 0.342. The van der Waals surface area contributed by atoms with E-state index in [0.29, 0.717) is 18.1 Å². The largest absolute Gasteiger partial charge is 0.486 e. The summed E-state index contributed by atoms with van der Waals surface area (Å²) in [6.45, 7) is 0.342. The van der Waals surface area contributed by atoms with Crippen LogP contribution in [0.5, 0.6) is 5.75 Å². The van der Waals surface area contributed by atoms with E-state index < -0.39 is 5.91 Å². The summed E-state index contributed by atoms with van der Waals surface area (Å²) in [7, 11) is 0. The lowest BCUT2D eigenvalue weighted by Gasteiger charge is -2.02. The summed E-state index contributed by atoms with van der Waals surface area (Å²) in [4.78, 5) is 10.6. The molecule has 0 aliphatic heterocycles. The Bertz CT molecular complexity index is 543. The zero-order valence-electron chi connectivity index (χ0n) is 9.71. The number of amides is 1. The molecule has 1 heterocycles. The molecule has 1 aromatic heterocycles. The molecule has 2 rings (SSSR count). The Labute approximate surface area is 105 Å². The smallest absolute Gasteiger partial charge is 0.241 e. The lowest BCUT2D eigenvalue weighted by Crippen LogP contribution is -2.04. The van der Waals surface area contributed by atoms with Gasteiger partial charge in [-0.1, -0.05) is 18.2 Å². The third kappa shape index (κ3) is 3.52. The quantitative estimate of drug-likeness (QED) is 0.820. The summed E-state index contributed by atoms with van der Waals surface area (Å²) in [5, 5.41) is 0. The molecule has 0 aliphatic carbocycles. The number of rotatable bonds is 5. The predicted octanol–water partition coefficient (Wildman–Crippen LogP) is 2.36. The van der Waals surface area contributed by atoms with Gasteiger partial charge in [-0.3, -0.25) is 4.79 Å². The van der Waals surface area contributed by atoms with Gasteiger partial charge in [0.1, 0.15) is 23.9 Å². The van der Waals surface area contributed by atoms with Gasteiger partial charge in [-0.25, -0.2) is 0 Å². The summed E-state index contributed by atoms with van der Waals surface area (Å²) in [5.74, 6) is 1.53. The molecule has 18 heavy (non-hydrogen) atoms. The van der Waals surface area contributed by atoms with Crippen molar-refractivity contribution in [2.75, 3.05) is 0 Å². The number of carbonyl (C=O) groups excluding carboxylic acids is 1. The van der Waals surface area contributed by atoms with E-state index in [1.165, 1.54) is 12.2 Å². The van der Waals surface area contributed by atoms with E-state index in [1.54, 1.807) is 12.1 Å². The molecule has 0 saturated heterocycles. The van der Waals surface area contributed by atoms with E-state index in [0.717, 1.165) is 5.75 Å². The van der Waals surface area contributed by atoms with Crippen molar-refractivity contribution in [3.8, 4) is 5.75 Å². The van der Waals surface area contributed by atoms with Crippen molar-refractivity contribution < 1.29 is 13.9 Å². The first-order chi connectivity index (χ1) is 8.74. The lowest BCUT2D eigenvalue weighted by atomic mass is 10.3. The molecule has 92 valence electrons. The number of benzene rings is 1. The van der Waals surface area contributed by atoms with Crippen molar-refractivity contribution in [1.82, 2.24) is 0 Å². The van der Waals surface area contributed by atoms with Crippen LogP contribution in [0.15, 0.2) is 53.0 Å². The Morgan fingerprint density at radius 2 is 2.00 bits per heavy atom. The fraction of sp³-hybridized carbons (Fsp3) is 0.0714.